The summed E-state index contributed by atoms with van der Waals surface area (Å²) in [6.07, 6.45) is 2.16. The molecule has 0 aliphatic carbocycles. The maximum Gasteiger partial charge on any atom is 0.0449 e. The summed E-state index contributed by atoms with van der Waals surface area (Å²) in [6.45, 7) is 7.76. The van der Waals surface area contributed by atoms with E-state index in [0.717, 1.165) is 34.6 Å². The highest BCUT2D eigenvalue weighted by Gasteiger charge is 2.12. The number of thioether (sulfide) groups is 1. The van der Waals surface area contributed by atoms with Gasteiger partial charge in [-0.3, -0.25) is 0 Å². The highest BCUT2D eigenvalue weighted by atomic mass is 79.9. The van der Waals surface area contributed by atoms with Crippen molar-refractivity contribution >= 4 is 39.3 Å². The monoisotopic (exact) mass is 363 g/mol. The first-order valence-corrected chi connectivity index (χ1v) is 9.03. The fraction of sp³-hybridized carbons (Fsp3) is 0.600. The molecule has 0 radical (unpaired) electrons. The van der Waals surface area contributed by atoms with Crippen molar-refractivity contribution in [3.05, 3.63) is 33.3 Å². The van der Waals surface area contributed by atoms with E-state index in [1.807, 2.05) is 17.8 Å². The Labute approximate surface area is 135 Å². The summed E-state index contributed by atoms with van der Waals surface area (Å²) in [5.74, 6) is 1.13. The van der Waals surface area contributed by atoms with Crippen LogP contribution in [0, 0.1) is 0 Å². The number of benzene rings is 1. The Morgan fingerprint density at radius 1 is 1.37 bits per heavy atom. The van der Waals surface area contributed by atoms with Gasteiger partial charge in [0.05, 0.1) is 0 Å². The van der Waals surface area contributed by atoms with Crippen LogP contribution in [0.1, 0.15) is 32.8 Å². The second-order valence-corrected chi connectivity index (χ2v) is 7.91. The summed E-state index contributed by atoms with van der Waals surface area (Å²) >= 11 is 11.8. The third-order valence-electron chi connectivity index (χ3n) is 2.80. The molecular formula is C15H23BrClNS. The molecule has 1 atom stereocenters. The fourth-order valence-corrected chi connectivity index (χ4v) is 3.40. The molecule has 1 rings (SSSR count). The zero-order valence-corrected chi connectivity index (χ0v) is 15.0. The highest BCUT2D eigenvalue weighted by molar-refractivity contribution is 9.10. The van der Waals surface area contributed by atoms with Crippen molar-refractivity contribution < 1.29 is 0 Å². The van der Waals surface area contributed by atoms with E-state index in [9.17, 15) is 0 Å². The second-order valence-electron chi connectivity index (χ2n) is 4.97. The lowest BCUT2D eigenvalue weighted by Gasteiger charge is -2.20. The van der Waals surface area contributed by atoms with Gasteiger partial charge >= 0.3 is 0 Å². The van der Waals surface area contributed by atoms with Crippen LogP contribution in [-0.2, 0) is 6.42 Å². The third kappa shape index (κ3) is 7.03. The number of hydrogen-bond donors (Lipinski definition) is 1. The molecule has 0 aliphatic rings. The van der Waals surface area contributed by atoms with E-state index in [1.54, 1.807) is 0 Å². The van der Waals surface area contributed by atoms with Gasteiger partial charge in [0.15, 0.2) is 0 Å². The first-order valence-electron chi connectivity index (χ1n) is 6.81. The van der Waals surface area contributed by atoms with Gasteiger partial charge in [-0.15, -0.1) is 0 Å². The van der Waals surface area contributed by atoms with Crippen molar-refractivity contribution in [1.82, 2.24) is 5.32 Å². The van der Waals surface area contributed by atoms with Crippen LogP contribution in [0.25, 0.3) is 0 Å². The van der Waals surface area contributed by atoms with Gasteiger partial charge in [0.25, 0.3) is 0 Å². The number of rotatable bonds is 8. The van der Waals surface area contributed by atoms with Crippen LogP contribution in [0.2, 0.25) is 5.02 Å². The van der Waals surface area contributed by atoms with Gasteiger partial charge in [-0.2, -0.15) is 11.8 Å². The minimum absolute atomic E-state index is 0.492. The summed E-state index contributed by atoms with van der Waals surface area (Å²) in [7, 11) is 0. The number of nitrogens with one attached hydrogen (secondary N) is 1. The normalized spacial score (nSPS) is 12.9. The standard InChI is InChI=1S/C15H23BrClNS/c1-4-7-18-14(10-19-11(2)3)8-12-5-6-13(16)9-15(12)17/h5-6,9,11,14,18H,4,7-8,10H2,1-3H3. The second kappa shape index (κ2) is 9.28. The van der Waals surface area contributed by atoms with Crippen LogP contribution in [0.4, 0.5) is 0 Å². The van der Waals surface area contributed by atoms with Gasteiger partial charge in [0.2, 0.25) is 0 Å². The lowest BCUT2D eigenvalue weighted by atomic mass is 10.1. The molecule has 1 unspecified atom stereocenters. The molecule has 0 saturated heterocycles. The number of hydrogen-bond acceptors (Lipinski definition) is 2. The van der Waals surface area contributed by atoms with Gasteiger partial charge in [0, 0.05) is 21.3 Å². The SMILES string of the molecule is CCCNC(CSC(C)C)Cc1ccc(Br)cc1Cl. The summed E-state index contributed by atoms with van der Waals surface area (Å²) < 4.78 is 1.04. The smallest absolute Gasteiger partial charge is 0.0449 e. The summed E-state index contributed by atoms with van der Waals surface area (Å²) in [6, 6.07) is 6.65. The summed E-state index contributed by atoms with van der Waals surface area (Å²) in [5, 5.41) is 5.15. The summed E-state index contributed by atoms with van der Waals surface area (Å²) in [5.41, 5.74) is 1.22. The Morgan fingerprint density at radius 3 is 2.68 bits per heavy atom. The van der Waals surface area contributed by atoms with Crippen LogP contribution in [-0.4, -0.2) is 23.6 Å². The van der Waals surface area contributed by atoms with Gasteiger partial charge < -0.3 is 5.32 Å². The highest BCUT2D eigenvalue weighted by Crippen LogP contribution is 2.23. The van der Waals surface area contributed by atoms with E-state index in [0.29, 0.717) is 11.3 Å². The predicted molar refractivity (Wildman–Crippen MR) is 92.5 cm³/mol. The van der Waals surface area contributed by atoms with E-state index < -0.39 is 0 Å². The fourth-order valence-electron chi connectivity index (χ4n) is 1.80. The largest absolute Gasteiger partial charge is 0.313 e. The molecule has 0 amide bonds. The quantitative estimate of drug-likeness (QED) is 0.684. The maximum absolute atomic E-state index is 6.31. The van der Waals surface area contributed by atoms with Gasteiger partial charge in [-0.25, -0.2) is 0 Å². The van der Waals surface area contributed by atoms with E-state index >= 15 is 0 Å². The van der Waals surface area contributed by atoms with Crippen LogP contribution in [0.15, 0.2) is 22.7 Å². The van der Waals surface area contributed by atoms with E-state index in [-0.39, 0.29) is 0 Å². The third-order valence-corrected chi connectivity index (χ3v) is 4.90. The van der Waals surface area contributed by atoms with Gasteiger partial charge in [-0.1, -0.05) is 54.4 Å². The van der Waals surface area contributed by atoms with Crippen LogP contribution in [0.5, 0.6) is 0 Å². The van der Waals surface area contributed by atoms with E-state index in [4.69, 9.17) is 11.6 Å². The molecule has 1 N–H and O–H groups in total. The van der Waals surface area contributed by atoms with Gasteiger partial charge in [0.1, 0.15) is 0 Å². The molecule has 108 valence electrons. The van der Waals surface area contributed by atoms with Crippen molar-refractivity contribution in [2.24, 2.45) is 0 Å². The predicted octanol–water partition coefficient (Wildman–Crippen LogP) is 5.15. The van der Waals surface area contributed by atoms with Crippen LogP contribution < -0.4 is 5.32 Å². The molecule has 1 nitrogen and oxygen atoms in total. The Balaban J connectivity index is 2.63. The van der Waals surface area contributed by atoms with Crippen LogP contribution in [0.3, 0.4) is 0 Å². The molecule has 4 heteroatoms. The van der Waals surface area contributed by atoms with E-state index in [1.165, 1.54) is 5.56 Å². The lowest BCUT2D eigenvalue weighted by Crippen LogP contribution is -2.34. The molecular weight excluding hydrogens is 342 g/mol. The molecule has 0 aliphatic heterocycles. The molecule has 1 aromatic carbocycles. The minimum Gasteiger partial charge on any atom is -0.313 e. The number of halogens is 2. The topological polar surface area (TPSA) is 12.0 Å². The average molecular weight is 365 g/mol. The molecule has 0 fully saturated rings. The molecule has 0 heterocycles. The van der Waals surface area contributed by atoms with Crippen molar-refractivity contribution in [2.45, 2.75) is 44.9 Å². The summed E-state index contributed by atoms with van der Waals surface area (Å²) in [4.78, 5) is 0. The Kier molecular flexibility index (Phi) is 8.47. The average Bonchev–Trinajstić information content (AvgIpc) is 2.35. The molecule has 1 aromatic rings. The van der Waals surface area contributed by atoms with Crippen molar-refractivity contribution in [2.75, 3.05) is 12.3 Å². The van der Waals surface area contributed by atoms with Gasteiger partial charge in [-0.05, 0) is 42.3 Å². The first kappa shape index (κ1) is 17.4. The van der Waals surface area contributed by atoms with Crippen LogP contribution >= 0.6 is 39.3 Å². The Hall–Kier alpha value is 0.300. The maximum atomic E-state index is 6.31. The zero-order chi connectivity index (χ0) is 14.3. The van der Waals surface area contributed by atoms with Crippen molar-refractivity contribution in [3.8, 4) is 0 Å². The molecule has 0 bridgehead atoms. The zero-order valence-electron chi connectivity index (χ0n) is 11.9. The molecule has 0 aromatic heterocycles. The van der Waals surface area contributed by atoms with Crippen molar-refractivity contribution in [1.29, 1.82) is 0 Å². The van der Waals surface area contributed by atoms with E-state index in [2.05, 4.69) is 54.2 Å². The molecule has 0 saturated carbocycles. The molecule has 0 spiro atoms. The Bertz CT molecular complexity index is 384. The molecule has 19 heavy (non-hydrogen) atoms. The lowest BCUT2D eigenvalue weighted by molar-refractivity contribution is 0.550. The Morgan fingerprint density at radius 2 is 2.11 bits per heavy atom. The first-order chi connectivity index (χ1) is 9.02. The minimum atomic E-state index is 0.492. The van der Waals surface area contributed by atoms with Crippen molar-refractivity contribution in [3.63, 3.8) is 0 Å².